The predicted octanol–water partition coefficient (Wildman–Crippen LogP) is 4.17. The topological polar surface area (TPSA) is 193 Å². The van der Waals surface area contributed by atoms with Gasteiger partial charge in [-0.2, -0.15) is 0 Å². The molecule has 4 N–H and O–H groups in total. The van der Waals surface area contributed by atoms with E-state index in [4.69, 9.17) is 9.47 Å². The van der Waals surface area contributed by atoms with Gasteiger partial charge in [-0.15, -0.1) is 0 Å². The van der Waals surface area contributed by atoms with E-state index in [-0.39, 0.29) is 18.9 Å². The van der Waals surface area contributed by atoms with E-state index in [1.165, 1.54) is 37.9 Å². The van der Waals surface area contributed by atoms with Gasteiger partial charge in [0.15, 0.2) is 0 Å². The molecular formula is C46H56F2N6O9. The molecule has 3 aromatic rings. The number of esters is 1. The summed E-state index contributed by atoms with van der Waals surface area (Å²) < 4.78 is 40.2. The molecule has 1 aliphatic heterocycles. The number of nitrogens with one attached hydrogen (secondary N) is 4. The molecule has 0 aromatic heterocycles. The van der Waals surface area contributed by atoms with E-state index in [0.717, 1.165) is 40.5 Å². The Hall–Kier alpha value is -6.39. The second kappa shape index (κ2) is 20.7. The molecule has 1 aliphatic carbocycles. The van der Waals surface area contributed by atoms with Crippen LogP contribution in [0.3, 0.4) is 0 Å². The van der Waals surface area contributed by atoms with Gasteiger partial charge < -0.3 is 35.6 Å². The van der Waals surface area contributed by atoms with Crippen molar-refractivity contribution in [1.82, 2.24) is 31.1 Å². The summed E-state index contributed by atoms with van der Waals surface area (Å²) in [5, 5.41) is 10.5. The van der Waals surface area contributed by atoms with E-state index in [1.54, 1.807) is 27.7 Å². The first-order valence-electron chi connectivity index (χ1n) is 21.0. The highest BCUT2D eigenvalue weighted by Crippen LogP contribution is 2.47. The Morgan fingerprint density at radius 2 is 1.27 bits per heavy atom. The molecular weight excluding hydrogens is 819 g/mol. The number of carbonyl (C=O) groups excluding carboxylic acids is 7. The van der Waals surface area contributed by atoms with E-state index in [9.17, 15) is 33.6 Å². The Balaban J connectivity index is 1.35. The zero-order valence-corrected chi connectivity index (χ0v) is 36.7. The van der Waals surface area contributed by atoms with Crippen molar-refractivity contribution in [3.05, 3.63) is 95.1 Å². The molecule has 1 saturated heterocycles. The normalized spacial score (nSPS) is 16.8. The summed E-state index contributed by atoms with van der Waals surface area (Å²) in [6, 6.07) is 10.00. The van der Waals surface area contributed by atoms with Crippen LogP contribution in [-0.4, -0.2) is 108 Å². The number of likely N-dealkylation sites (tertiary alicyclic amines) is 1. The minimum Gasteiger partial charge on any atom is -0.467 e. The van der Waals surface area contributed by atoms with Gasteiger partial charge in [0.2, 0.25) is 29.5 Å². The third-order valence-electron chi connectivity index (χ3n) is 11.6. The van der Waals surface area contributed by atoms with Crippen molar-refractivity contribution in [2.75, 3.05) is 20.8 Å². The van der Waals surface area contributed by atoms with Gasteiger partial charge in [-0.25, -0.2) is 18.4 Å². The molecule has 0 unspecified atom stereocenters. The van der Waals surface area contributed by atoms with Crippen LogP contribution < -0.4 is 21.3 Å². The maximum atomic E-state index is 15.1. The van der Waals surface area contributed by atoms with E-state index < -0.39 is 113 Å². The van der Waals surface area contributed by atoms with Gasteiger partial charge in [0, 0.05) is 18.5 Å². The van der Waals surface area contributed by atoms with Gasteiger partial charge in [-0.05, 0) is 72.9 Å². The third kappa shape index (κ3) is 10.5. The Kier molecular flexibility index (Phi) is 15.6. The molecule has 0 radical (unpaired) electrons. The van der Waals surface area contributed by atoms with Crippen molar-refractivity contribution in [1.29, 1.82) is 0 Å². The zero-order chi connectivity index (χ0) is 46.3. The first kappa shape index (κ1) is 47.7. The van der Waals surface area contributed by atoms with Crippen molar-refractivity contribution in [3.63, 3.8) is 0 Å². The van der Waals surface area contributed by atoms with E-state index in [0.29, 0.717) is 6.42 Å². The molecule has 1 fully saturated rings. The molecule has 2 aliphatic rings. The fourth-order valence-electron chi connectivity index (χ4n) is 8.13. The van der Waals surface area contributed by atoms with Gasteiger partial charge >= 0.3 is 12.1 Å². The lowest BCUT2D eigenvalue weighted by atomic mass is 9.99. The fraction of sp³-hybridized carbons (Fsp3) is 0.457. The van der Waals surface area contributed by atoms with Crippen molar-refractivity contribution in [2.45, 2.75) is 103 Å². The van der Waals surface area contributed by atoms with Crippen LogP contribution in [0.25, 0.3) is 11.1 Å². The van der Waals surface area contributed by atoms with Gasteiger partial charge in [-0.1, -0.05) is 82.3 Å². The quantitative estimate of drug-likeness (QED) is 0.153. The largest absolute Gasteiger partial charge is 0.467 e. The molecule has 17 heteroatoms. The van der Waals surface area contributed by atoms with Crippen LogP contribution in [0.1, 0.15) is 77.1 Å². The molecule has 0 spiro atoms. The van der Waals surface area contributed by atoms with Crippen molar-refractivity contribution in [3.8, 4) is 11.1 Å². The fourth-order valence-corrected chi connectivity index (χ4v) is 8.13. The summed E-state index contributed by atoms with van der Waals surface area (Å²) in [5.74, 6) is -7.18. The lowest BCUT2D eigenvalue weighted by Gasteiger charge is -2.34. The molecule has 6 atom stereocenters. The lowest BCUT2D eigenvalue weighted by Crippen LogP contribution is -2.60. The molecule has 5 rings (SSSR count). The summed E-state index contributed by atoms with van der Waals surface area (Å²) in [6.07, 6.45) is -0.921. The molecule has 15 nitrogen and oxygen atoms in total. The minimum absolute atomic E-state index is 0.0416. The Morgan fingerprint density at radius 1 is 0.698 bits per heavy atom. The van der Waals surface area contributed by atoms with E-state index in [2.05, 4.69) is 21.3 Å². The Labute approximate surface area is 365 Å². The highest BCUT2D eigenvalue weighted by molar-refractivity contribution is 5.97. The summed E-state index contributed by atoms with van der Waals surface area (Å²) >= 11 is 0. The van der Waals surface area contributed by atoms with Gasteiger partial charge in [0.25, 0.3) is 0 Å². The van der Waals surface area contributed by atoms with E-state index in [1.807, 2.05) is 48.5 Å². The van der Waals surface area contributed by atoms with Crippen molar-refractivity contribution in [2.24, 2.45) is 11.8 Å². The first-order valence-corrected chi connectivity index (χ1v) is 21.0. The number of benzene rings is 3. The van der Waals surface area contributed by atoms with Crippen molar-refractivity contribution >= 4 is 41.6 Å². The average molecular weight is 875 g/mol. The second-order valence-corrected chi connectivity index (χ2v) is 16.5. The molecule has 3 aromatic carbocycles. The number of fused-ring (bicyclic) bond motifs is 3. The van der Waals surface area contributed by atoms with Crippen LogP contribution in [0.15, 0.2) is 66.7 Å². The number of hydrogen-bond donors (Lipinski definition) is 4. The number of nitrogens with zero attached hydrogens (tertiary/aromatic N) is 2. The Morgan fingerprint density at radius 3 is 1.81 bits per heavy atom. The van der Waals surface area contributed by atoms with Crippen LogP contribution in [0.4, 0.5) is 13.6 Å². The molecule has 338 valence electrons. The first-order chi connectivity index (χ1) is 29.9. The number of methoxy groups -OCH3 is 2. The number of ether oxygens (including phenoxy) is 2. The summed E-state index contributed by atoms with van der Waals surface area (Å²) in [6.45, 7) is 9.71. The molecule has 0 saturated carbocycles. The number of carbonyl (C=O) groups is 7. The van der Waals surface area contributed by atoms with Crippen LogP contribution >= 0.6 is 0 Å². The van der Waals surface area contributed by atoms with E-state index >= 15 is 8.78 Å². The third-order valence-corrected chi connectivity index (χ3v) is 11.6. The zero-order valence-electron chi connectivity index (χ0n) is 36.7. The van der Waals surface area contributed by atoms with Gasteiger partial charge in [-0.3, -0.25) is 28.9 Å². The van der Waals surface area contributed by atoms with Crippen LogP contribution in [0.2, 0.25) is 0 Å². The van der Waals surface area contributed by atoms with Gasteiger partial charge in [0.1, 0.15) is 47.9 Å². The summed E-state index contributed by atoms with van der Waals surface area (Å²) in [7, 11) is 2.39. The summed E-state index contributed by atoms with van der Waals surface area (Å²) in [4.78, 5) is 97.9. The molecule has 63 heavy (non-hydrogen) atoms. The highest BCUT2D eigenvalue weighted by atomic mass is 19.1. The number of amides is 6. The smallest absolute Gasteiger partial charge is 0.410 e. The maximum Gasteiger partial charge on any atom is 0.410 e. The molecule has 0 bridgehead atoms. The summed E-state index contributed by atoms with van der Waals surface area (Å²) in [5.41, 5.74) is 2.81. The van der Waals surface area contributed by atoms with Crippen molar-refractivity contribution < 1.29 is 51.8 Å². The maximum absolute atomic E-state index is 15.1. The van der Waals surface area contributed by atoms with Crippen LogP contribution in [0, 0.1) is 23.5 Å². The minimum atomic E-state index is -1.62. The number of rotatable bonds is 16. The standard InChI is InChI=1S/C46H56F2N6O9/c1-24(2)37(43(58)52-38(25(3)4)45(60)62-7)51-42(57)36-21-14-22-53(36)44(59)35(23-32-33(47)19-13-20-34(32)48)50-40(55)26(5)49-41(56)27(6)54(46(61)63-8)39-30-17-11-9-15-28(30)29-16-10-12-18-31(29)39/h9-13,15-20,24-27,35-39H,14,21-23H2,1-8H3,(H,49,56)(H,50,55)(H,51,57)(H,52,58)/t26-,27-,35-,36-,37-,38-/m0/s1. The predicted molar refractivity (Wildman–Crippen MR) is 227 cm³/mol. The van der Waals surface area contributed by atoms with Crippen LogP contribution in [-0.2, 0) is 44.7 Å². The lowest BCUT2D eigenvalue weighted by molar-refractivity contribution is -0.147. The second-order valence-electron chi connectivity index (χ2n) is 16.5. The molecule has 6 amide bonds. The number of halogens is 2. The molecule has 1 heterocycles. The van der Waals surface area contributed by atoms with Gasteiger partial charge in [0.05, 0.1) is 20.3 Å². The number of hydrogen-bond acceptors (Lipinski definition) is 9. The monoisotopic (exact) mass is 874 g/mol. The SMILES string of the molecule is COC(=O)[C@@H](NC(=O)[C@@H](NC(=O)[C@@H]1CCCN1C(=O)[C@H](Cc1c(F)cccc1F)NC(=O)[C@H](C)NC(=O)[C@H](C)N(C(=O)OC)C1c2ccccc2-c2ccccc21)C(C)C)C(C)C. The Bertz CT molecular complexity index is 2150. The van der Waals surface area contributed by atoms with Crippen LogP contribution in [0.5, 0.6) is 0 Å². The highest BCUT2D eigenvalue weighted by Gasteiger charge is 2.43. The average Bonchev–Trinajstić information content (AvgIpc) is 3.88.